The van der Waals surface area contributed by atoms with Crippen LogP contribution in [0, 0.1) is 0 Å². The van der Waals surface area contributed by atoms with Crippen LogP contribution in [0.5, 0.6) is 0 Å². The second-order valence-corrected chi connectivity index (χ2v) is 1.47. The molecule has 0 unspecified atom stereocenters. The standard InChI is InChI=1S/2Na.H3O4P/c;;1-5(2,3)4/h;;(H3,1,2,3,4)/q;+1;/p-1. The summed E-state index contributed by atoms with van der Waals surface area (Å²) in [6.45, 7) is 0. The zero-order chi connectivity index (χ0) is 4.50. The maximum atomic E-state index is 8.77. The first-order valence-electron chi connectivity index (χ1n) is 0.765. The van der Waals surface area contributed by atoms with E-state index in [1.807, 2.05) is 0 Å². The molecule has 0 saturated carbocycles. The fraction of sp³-hybridized carbons (Fsp3) is 0. The van der Waals surface area contributed by atoms with E-state index in [0.717, 1.165) is 0 Å². The van der Waals surface area contributed by atoms with Gasteiger partial charge < -0.3 is 14.7 Å². The summed E-state index contributed by atoms with van der Waals surface area (Å²) in [4.78, 5) is 22.9. The van der Waals surface area contributed by atoms with Gasteiger partial charge in [0.05, 0.1) is 0 Å². The van der Waals surface area contributed by atoms with Crippen LogP contribution < -0.4 is 34.5 Å². The molecule has 0 saturated heterocycles. The van der Waals surface area contributed by atoms with Gasteiger partial charge in [-0.2, -0.15) is 0 Å². The van der Waals surface area contributed by atoms with Crippen molar-refractivity contribution < 1.29 is 48.8 Å². The van der Waals surface area contributed by atoms with Crippen LogP contribution in [0.25, 0.3) is 0 Å². The van der Waals surface area contributed by atoms with Gasteiger partial charge in [-0.1, -0.05) is 0 Å². The number of hydrogen-bond donors (Lipinski definition) is 2. The second kappa shape index (κ2) is 6.23. The van der Waals surface area contributed by atoms with Crippen LogP contribution in [0.4, 0.5) is 0 Å². The molecule has 0 spiro atoms. The SMILES string of the molecule is O=P([O-])(O)O.[Na+].[Na]. The maximum absolute atomic E-state index is 8.77. The van der Waals surface area contributed by atoms with E-state index in [0.29, 0.717) is 0 Å². The molecule has 0 aromatic heterocycles. The van der Waals surface area contributed by atoms with Gasteiger partial charge in [-0.15, -0.1) is 0 Å². The normalized spacial score (nSPS) is 8.43. The molecule has 0 bridgehead atoms. The van der Waals surface area contributed by atoms with Crippen molar-refractivity contribution in [3.05, 3.63) is 0 Å². The third kappa shape index (κ3) is 68.0. The van der Waals surface area contributed by atoms with Crippen molar-refractivity contribution in [3.8, 4) is 0 Å². The number of rotatable bonds is 0. The van der Waals surface area contributed by atoms with Crippen molar-refractivity contribution in [3.63, 3.8) is 0 Å². The molecule has 0 aliphatic rings. The third-order valence-corrected chi connectivity index (χ3v) is 0. The molecule has 0 heterocycles. The Bertz CT molecular complexity index is 55.8. The van der Waals surface area contributed by atoms with E-state index in [-0.39, 0.29) is 59.1 Å². The zero-order valence-corrected chi connectivity index (χ0v) is 9.05. The monoisotopic (exact) mass is 143 g/mol. The predicted octanol–water partition coefficient (Wildman–Crippen LogP) is -4.94. The van der Waals surface area contributed by atoms with E-state index in [1.54, 1.807) is 0 Å². The van der Waals surface area contributed by atoms with Crippen molar-refractivity contribution in [1.29, 1.82) is 0 Å². The fourth-order valence-corrected chi connectivity index (χ4v) is 0. The minimum Gasteiger partial charge on any atom is -0.756 e. The summed E-state index contributed by atoms with van der Waals surface area (Å²) >= 11 is 0. The summed E-state index contributed by atoms with van der Waals surface area (Å²) in [7, 11) is -4.89. The smallest absolute Gasteiger partial charge is 0.756 e. The van der Waals surface area contributed by atoms with Crippen LogP contribution in [0.2, 0.25) is 0 Å². The molecular weight excluding hydrogens is 141 g/mol. The Morgan fingerprint density at radius 3 is 1.43 bits per heavy atom. The quantitative estimate of drug-likeness (QED) is 0.263. The van der Waals surface area contributed by atoms with E-state index in [4.69, 9.17) is 19.2 Å². The topological polar surface area (TPSA) is 80.6 Å². The molecular formula is H2Na2O4P. The van der Waals surface area contributed by atoms with Gasteiger partial charge in [0.15, 0.2) is 0 Å². The van der Waals surface area contributed by atoms with Crippen LogP contribution in [-0.2, 0) is 4.57 Å². The summed E-state index contributed by atoms with van der Waals surface area (Å²) in [5.41, 5.74) is 0. The first-order valence-corrected chi connectivity index (χ1v) is 2.30. The zero-order valence-electron chi connectivity index (χ0n) is 4.16. The molecule has 4 nitrogen and oxygen atoms in total. The average Bonchev–Trinajstić information content (AvgIpc) is 0.722. The molecule has 0 rings (SSSR count). The van der Waals surface area contributed by atoms with Gasteiger partial charge in [0.25, 0.3) is 7.82 Å². The Morgan fingerprint density at radius 1 is 1.43 bits per heavy atom. The average molecular weight is 143 g/mol. The van der Waals surface area contributed by atoms with Gasteiger partial charge in [0.2, 0.25) is 0 Å². The van der Waals surface area contributed by atoms with E-state index >= 15 is 0 Å². The molecule has 0 aliphatic carbocycles. The molecule has 7 heteroatoms. The summed E-state index contributed by atoms with van der Waals surface area (Å²) in [6.07, 6.45) is 0. The first kappa shape index (κ1) is 16.1. The molecule has 0 aromatic rings. The van der Waals surface area contributed by atoms with E-state index < -0.39 is 7.82 Å². The van der Waals surface area contributed by atoms with Crippen molar-refractivity contribution in [1.82, 2.24) is 0 Å². The van der Waals surface area contributed by atoms with Gasteiger partial charge in [-0.25, -0.2) is 0 Å². The Hall–Kier alpha value is 2.11. The van der Waals surface area contributed by atoms with Crippen molar-refractivity contribution in [2.45, 2.75) is 0 Å². The fourth-order valence-electron chi connectivity index (χ4n) is 0. The van der Waals surface area contributed by atoms with Crippen LogP contribution in [0.1, 0.15) is 0 Å². The van der Waals surface area contributed by atoms with Gasteiger partial charge in [0, 0.05) is 29.6 Å². The third-order valence-electron chi connectivity index (χ3n) is 0. The summed E-state index contributed by atoms with van der Waals surface area (Å²) in [5.74, 6) is 0. The molecule has 33 valence electrons. The van der Waals surface area contributed by atoms with Gasteiger partial charge >= 0.3 is 29.6 Å². The Kier molecular flexibility index (Phi) is 14.3. The molecule has 1 radical (unpaired) electrons. The van der Waals surface area contributed by atoms with Crippen molar-refractivity contribution in [2.24, 2.45) is 0 Å². The molecule has 0 atom stereocenters. The molecule has 2 N–H and O–H groups in total. The Balaban J connectivity index is -0.0000000800. The Labute approximate surface area is 85.1 Å². The minimum atomic E-state index is -4.89. The van der Waals surface area contributed by atoms with Crippen molar-refractivity contribution in [2.75, 3.05) is 0 Å². The Morgan fingerprint density at radius 2 is 1.43 bits per heavy atom. The first-order chi connectivity index (χ1) is 2.00. The predicted molar refractivity (Wildman–Crippen MR) is 17.8 cm³/mol. The van der Waals surface area contributed by atoms with E-state index in [1.165, 1.54) is 0 Å². The van der Waals surface area contributed by atoms with Gasteiger partial charge in [-0.05, 0) is 0 Å². The van der Waals surface area contributed by atoms with Gasteiger partial charge in [0.1, 0.15) is 0 Å². The van der Waals surface area contributed by atoms with E-state index in [2.05, 4.69) is 0 Å². The van der Waals surface area contributed by atoms with Gasteiger partial charge in [-0.3, -0.25) is 4.57 Å². The molecule has 0 aromatic carbocycles. The number of hydrogen-bond acceptors (Lipinski definition) is 2. The van der Waals surface area contributed by atoms with Crippen LogP contribution in [0.15, 0.2) is 0 Å². The minimum absolute atomic E-state index is 0. The summed E-state index contributed by atoms with van der Waals surface area (Å²) < 4.78 is 8.77. The van der Waals surface area contributed by atoms with Crippen LogP contribution in [-0.4, -0.2) is 39.3 Å². The second-order valence-electron chi connectivity index (χ2n) is 0.491. The van der Waals surface area contributed by atoms with E-state index in [9.17, 15) is 0 Å². The van der Waals surface area contributed by atoms with Crippen molar-refractivity contribution >= 4 is 37.4 Å². The molecule has 0 fully saturated rings. The largest absolute Gasteiger partial charge is 1.00 e. The van der Waals surface area contributed by atoms with Crippen LogP contribution >= 0.6 is 7.82 Å². The summed E-state index contributed by atoms with van der Waals surface area (Å²) in [6, 6.07) is 0. The molecule has 0 aliphatic heterocycles. The summed E-state index contributed by atoms with van der Waals surface area (Å²) in [5, 5.41) is 0. The maximum Gasteiger partial charge on any atom is 1.00 e. The molecule has 0 amide bonds. The van der Waals surface area contributed by atoms with Crippen LogP contribution in [0.3, 0.4) is 0 Å². The molecule has 7 heavy (non-hydrogen) atoms. The number of phosphoric acid groups is 1.